The molecule has 3 atom stereocenters. The van der Waals surface area contributed by atoms with Crippen LogP contribution in [0.25, 0.3) is 21.9 Å². The first-order chi connectivity index (χ1) is 26.0. The lowest BCUT2D eigenvalue weighted by Gasteiger charge is -2.37. The smallest absolute Gasteiger partial charge is 0.280 e. The van der Waals surface area contributed by atoms with Crippen LogP contribution in [0.3, 0.4) is 0 Å². The zero-order chi connectivity index (χ0) is 36.4. The molecule has 53 heavy (non-hydrogen) atoms. The second-order valence-corrected chi connectivity index (χ2v) is 13.0. The Labute approximate surface area is 305 Å². The van der Waals surface area contributed by atoms with E-state index in [0.29, 0.717) is 18.1 Å². The molecule has 0 amide bonds. The number of aliphatic hydroxyl groups is 1. The highest BCUT2D eigenvalue weighted by molar-refractivity contribution is 5.85. The Bertz CT molecular complexity index is 2340. The second kappa shape index (κ2) is 14.5. The number of rotatable bonds is 12. The first kappa shape index (κ1) is 34.1. The van der Waals surface area contributed by atoms with Crippen LogP contribution >= 0.6 is 0 Å². The van der Waals surface area contributed by atoms with Crippen molar-refractivity contribution in [3.63, 3.8) is 0 Å². The summed E-state index contributed by atoms with van der Waals surface area (Å²) in [5.41, 5.74) is 2.77. The molecule has 1 saturated heterocycles. The average molecular weight is 710 g/mol. The van der Waals surface area contributed by atoms with Gasteiger partial charge in [-0.3, -0.25) is 14.3 Å². The van der Waals surface area contributed by atoms with E-state index in [9.17, 15) is 9.90 Å². The summed E-state index contributed by atoms with van der Waals surface area (Å²) in [6.07, 6.45) is -0.440. The molecule has 1 aliphatic heterocycles. The molecule has 11 heteroatoms. The number of methoxy groups -OCH3 is 2. The molecule has 0 saturated carbocycles. The fourth-order valence-electron chi connectivity index (χ4n) is 7.16. The molecule has 2 aromatic heterocycles. The largest absolute Gasteiger partial charge is 0.497 e. The van der Waals surface area contributed by atoms with Gasteiger partial charge < -0.3 is 29.4 Å². The van der Waals surface area contributed by atoms with Crippen molar-refractivity contribution in [1.82, 2.24) is 19.5 Å². The van der Waals surface area contributed by atoms with Gasteiger partial charge in [0.25, 0.3) is 5.56 Å². The molecule has 0 bridgehead atoms. The van der Waals surface area contributed by atoms with Gasteiger partial charge in [0.1, 0.15) is 29.4 Å². The molecule has 0 aliphatic carbocycles. The molecule has 11 nitrogen and oxygen atoms in total. The Morgan fingerprint density at radius 1 is 0.849 bits per heavy atom. The number of H-pyrrole nitrogens is 1. The highest BCUT2D eigenvalue weighted by atomic mass is 16.6. The van der Waals surface area contributed by atoms with E-state index in [1.54, 1.807) is 18.8 Å². The van der Waals surface area contributed by atoms with E-state index in [0.717, 1.165) is 44.5 Å². The fraction of sp³-hybridized carbons (Fsp3) is 0.214. The van der Waals surface area contributed by atoms with Gasteiger partial charge in [0.05, 0.1) is 33.3 Å². The van der Waals surface area contributed by atoms with Crippen molar-refractivity contribution in [2.75, 3.05) is 26.1 Å². The molecule has 0 unspecified atom stereocenters. The minimum atomic E-state index is -1.08. The van der Waals surface area contributed by atoms with Gasteiger partial charge in [0, 0.05) is 13.0 Å². The SMILES string of the molecule is COc1ccc(C(OC[C@H]2O[C@@H](n3cnc4c(=O)[nH]c(NCc5cccc6ccccc56)nc43)C[C@@H]2O)(c2ccccc2)c2ccc(OC)cc2)cc1. The maximum absolute atomic E-state index is 13.1. The molecule has 0 spiro atoms. The number of nitrogens with one attached hydrogen (secondary N) is 2. The fourth-order valence-corrected chi connectivity index (χ4v) is 7.16. The number of aromatic nitrogens is 4. The predicted molar refractivity (Wildman–Crippen MR) is 202 cm³/mol. The number of nitrogens with zero attached hydrogens (tertiary/aromatic N) is 3. The van der Waals surface area contributed by atoms with Gasteiger partial charge in [0.15, 0.2) is 11.2 Å². The second-order valence-electron chi connectivity index (χ2n) is 13.0. The molecule has 1 fully saturated rings. The van der Waals surface area contributed by atoms with Gasteiger partial charge in [-0.15, -0.1) is 0 Å². The molecular formula is C42H39N5O6. The highest BCUT2D eigenvalue weighted by Gasteiger charge is 2.42. The van der Waals surface area contributed by atoms with Gasteiger partial charge in [-0.25, -0.2) is 4.98 Å². The van der Waals surface area contributed by atoms with Crippen molar-refractivity contribution in [1.29, 1.82) is 0 Å². The first-order valence-electron chi connectivity index (χ1n) is 17.5. The van der Waals surface area contributed by atoms with E-state index in [1.165, 1.54) is 6.33 Å². The van der Waals surface area contributed by atoms with Crippen molar-refractivity contribution in [2.45, 2.75) is 37.0 Å². The molecule has 8 rings (SSSR count). The van der Waals surface area contributed by atoms with Gasteiger partial charge in [-0.05, 0) is 57.3 Å². The summed E-state index contributed by atoms with van der Waals surface area (Å²) in [7, 11) is 3.26. The summed E-state index contributed by atoms with van der Waals surface area (Å²) in [4.78, 5) is 25.0. The van der Waals surface area contributed by atoms with Crippen LogP contribution in [0.2, 0.25) is 0 Å². The van der Waals surface area contributed by atoms with E-state index >= 15 is 0 Å². The van der Waals surface area contributed by atoms with Crippen molar-refractivity contribution < 1.29 is 24.1 Å². The summed E-state index contributed by atoms with van der Waals surface area (Å²) in [6.45, 7) is 0.497. The number of imidazole rings is 1. The van der Waals surface area contributed by atoms with Crippen LogP contribution in [-0.2, 0) is 21.6 Å². The topological polar surface area (TPSA) is 133 Å². The van der Waals surface area contributed by atoms with Crippen molar-refractivity contribution >= 4 is 27.9 Å². The summed E-state index contributed by atoms with van der Waals surface area (Å²) in [5.74, 6) is 1.74. The number of anilines is 1. The molecule has 0 radical (unpaired) electrons. The third-order valence-electron chi connectivity index (χ3n) is 9.91. The summed E-state index contributed by atoms with van der Waals surface area (Å²) < 4.78 is 26.2. The van der Waals surface area contributed by atoms with Crippen molar-refractivity contribution in [3.05, 3.63) is 160 Å². The monoisotopic (exact) mass is 709 g/mol. The molecule has 1 aliphatic rings. The molecule has 268 valence electrons. The van der Waals surface area contributed by atoms with E-state index < -0.39 is 24.0 Å². The molecule has 7 aromatic rings. The van der Waals surface area contributed by atoms with Gasteiger partial charge >= 0.3 is 0 Å². The van der Waals surface area contributed by atoms with Crippen molar-refractivity contribution in [3.8, 4) is 11.5 Å². The summed E-state index contributed by atoms with van der Waals surface area (Å²) >= 11 is 0. The zero-order valence-corrected chi connectivity index (χ0v) is 29.3. The Morgan fingerprint density at radius 3 is 2.19 bits per heavy atom. The molecule has 3 N–H and O–H groups in total. The van der Waals surface area contributed by atoms with E-state index in [4.69, 9.17) is 23.9 Å². The third-order valence-corrected chi connectivity index (χ3v) is 9.91. The number of hydrogen-bond acceptors (Lipinski definition) is 9. The molecular weight excluding hydrogens is 670 g/mol. The average Bonchev–Trinajstić information content (AvgIpc) is 3.81. The van der Waals surface area contributed by atoms with Crippen molar-refractivity contribution in [2.24, 2.45) is 0 Å². The van der Waals surface area contributed by atoms with Gasteiger partial charge in [0.2, 0.25) is 5.95 Å². The first-order valence-corrected chi connectivity index (χ1v) is 17.5. The number of ether oxygens (including phenoxy) is 4. The number of fused-ring (bicyclic) bond motifs is 2. The van der Waals surface area contributed by atoms with Gasteiger partial charge in [-0.2, -0.15) is 4.98 Å². The summed E-state index contributed by atoms with van der Waals surface area (Å²) in [5, 5.41) is 16.9. The van der Waals surface area contributed by atoms with Crippen LogP contribution in [0.5, 0.6) is 11.5 Å². The zero-order valence-electron chi connectivity index (χ0n) is 29.3. The minimum Gasteiger partial charge on any atom is -0.497 e. The van der Waals surface area contributed by atoms with Crippen LogP contribution in [0, 0.1) is 0 Å². The number of hydrogen-bond donors (Lipinski definition) is 3. The van der Waals surface area contributed by atoms with Crippen LogP contribution in [0.4, 0.5) is 5.95 Å². The molecule has 3 heterocycles. The Balaban J connectivity index is 1.08. The van der Waals surface area contributed by atoms with E-state index in [-0.39, 0.29) is 24.1 Å². The lowest BCUT2D eigenvalue weighted by molar-refractivity contribution is -0.0931. The number of aromatic amines is 1. The highest BCUT2D eigenvalue weighted by Crippen LogP contribution is 2.43. The number of aliphatic hydroxyl groups excluding tert-OH is 1. The predicted octanol–water partition coefficient (Wildman–Crippen LogP) is 6.56. The third kappa shape index (κ3) is 6.50. The van der Waals surface area contributed by atoms with E-state index in [2.05, 4.69) is 33.5 Å². The van der Waals surface area contributed by atoms with Gasteiger partial charge in [-0.1, -0.05) is 97.1 Å². The van der Waals surface area contributed by atoms with Crippen LogP contribution in [0.1, 0.15) is 34.9 Å². The van der Waals surface area contributed by atoms with Crippen LogP contribution in [-0.4, -0.2) is 57.7 Å². The number of benzene rings is 5. The maximum atomic E-state index is 13.1. The lowest BCUT2D eigenvalue weighted by Crippen LogP contribution is -2.38. The normalized spacial score (nSPS) is 17.3. The lowest BCUT2D eigenvalue weighted by atomic mass is 9.80. The van der Waals surface area contributed by atoms with Crippen LogP contribution < -0.4 is 20.3 Å². The Kier molecular flexibility index (Phi) is 9.36. The van der Waals surface area contributed by atoms with Crippen LogP contribution in [0.15, 0.2) is 132 Å². The quantitative estimate of drug-likeness (QED) is 0.121. The Morgan fingerprint density at radius 2 is 1.49 bits per heavy atom. The maximum Gasteiger partial charge on any atom is 0.280 e. The Hall–Kier alpha value is -6.01. The molecule has 5 aromatic carbocycles. The standard InChI is InChI=1S/C42H39N5O6/c1-50-32-19-15-30(16-20-32)42(29-12-4-3-5-13-29,31-17-21-33(51-2)22-18-31)52-25-36-35(48)23-37(53-36)47-26-44-38-39(47)45-41(46-40(38)49)43-24-28-11-8-10-27-9-6-7-14-34(27)28/h3-22,26,35-37,48H,23-25H2,1-2H3,(H2,43,45,46,49)/t35-,36+,37+/m0/s1. The van der Waals surface area contributed by atoms with E-state index in [1.807, 2.05) is 103 Å². The minimum absolute atomic E-state index is 0.0447. The summed E-state index contributed by atoms with van der Waals surface area (Å²) in [6, 6.07) is 39.8.